The Bertz CT molecular complexity index is 1170. The molecule has 3 aromatic rings. The maximum Gasteiger partial charge on any atom is 0.247 e. The fourth-order valence-corrected chi connectivity index (χ4v) is 4.22. The van der Waals surface area contributed by atoms with E-state index in [9.17, 15) is 14.0 Å². The minimum absolute atomic E-state index is 0.0167. The van der Waals surface area contributed by atoms with Crippen LogP contribution in [0.1, 0.15) is 32.3 Å². The van der Waals surface area contributed by atoms with Gasteiger partial charge in [-0.25, -0.2) is 9.37 Å². The molecular weight excluding hydrogens is 395 g/mol. The molecule has 1 atom stereocenters. The zero-order valence-electron chi connectivity index (χ0n) is 18.3. The van der Waals surface area contributed by atoms with E-state index in [1.54, 1.807) is 11.0 Å². The molecule has 1 saturated heterocycles. The van der Waals surface area contributed by atoms with Crippen LogP contribution in [-0.4, -0.2) is 38.9 Å². The standard InChI is InChI=1S/C24H27FN4O2/c1-14(2)24(31)29-11-5-6-21(29)23(30)27-18-9-7-16(12-15(18)3)22-26-19-13-17(25)8-10-20(19)28(22)4/h7-10,12-14,21H,5-6,11H2,1-4H3,(H,27,30)/t21-/m0/s1. The van der Waals surface area contributed by atoms with Gasteiger partial charge < -0.3 is 14.8 Å². The second kappa shape index (κ2) is 8.13. The van der Waals surface area contributed by atoms with Crippen LogP contribution in [-0.2, 0) is 16.6 Å². The minimum Gasteiger partial charge on any atom is -0.330 e. The Kier molecular flexibility index (Phi) is 5.52. The van der Waals surface area contributed by atoms with Crippen LogP contribution in [0.5, 0.6) is 0 Å². The molecule has 2 amide bonds. The molecule has 1 aliphatic rings. The molecule has 0 bridgehead atoms. The molecule has 0 saturated carbocycles. The summed E-state index contributed by atoms with van der Waals surface area (Å²) in [6, 6.07) is 9.84. The summed E-state index contributed by atoms with van der Waals surface area (Å²) >= 11 is 0. The van der Waals surface area contributed by atoms with Crippen molar-refractivity contribution in [3.05, 3.63) is 47.8 Å². The van der Waals surface area contributed by atoms with Crippen LogP contribution in [0, 0.1) is 18.7 Å². The Hall–Kier alpha value is -3.22. The van der Waals surface area contributed by atoms with Gasteiger partial charge in [0.25, 0.3) is 0 Å². The van der Waals surface area contributed by atoms with E-state index >= 15 is 0 Å². The first-order valence-corrected chi connectivity index (χ1v) is 10.6. The van der Waals surface area contributed by atoms with E-state index in [-0.39, 0.29) is 23.5 Å². The number of hydrogen-bond acceptors (Lipinski definition) is 3. The smallest absolute Gasteiger partial charge is 0.247 e. The highest BCUT2D eigenvalue weighted by Gasteiger charge is 2.35. The average Bonchev–Trinajstić information content (AvgIpc) is 3.33. The fraction of sp³-hybridized carbons (Fsp3) is 0.375. The van der Waals surface area contributed by atoms with Crippen molar-refractivity contribution in [3.8, 4) is 11.4 Å². The number of rotatable bonds is 4. The first kappa shape index (κ1) is 21.0. The molecule has 6 nitrogen and oxygen atoms in total. The highest BCUT2D eigenvalue weighted by atomic mass is 19.1. The summed E-state index contributed by atoms with van der Waals surface area (Å²) < 4.78 is 15.5. The van der Waals surface area contributed by atoms with Gasteiger partial charge in [-0.1, -0.05) is 13.8 Å². The Morgan fingerprint density at radius 1 is 1.19 bits per heavy atom. The number of carbonyl (C=O) groups is 2. The largest absolute Gasteiger partial charge is 0.330 e. The van der Waals surface area contributed by atoms with E-state index in [1.807, 2.05) is 50.6 Å². The fourth-order valence-electron chi connectivity index (χ4n) is 4.22. The predicted molar refractivity (Wildman–Crippen MR) is 119 cm³/mol. The first-order valence-electron chi connectivity index (χ1n) is 10.6. The number of likely N-dealkylation sites (tertiary alicyclic amines) is 1. The summed E-state index contributed by atoms with van der Waals surface area (Å²) in [6.07, 6.45) is 1.51. The average molecular weight is 423 g/mol. The van der Waals surface area contributed by atoms with E-state index in [1.165, 1.54) is 12.1 Å². The molecular formula is C24H27FN4O2. The summed E-state index contributed by atoms with van der Waals surface area (Å²) in [7, 11) is 1.90. The van der Waals surface area contributed by atoms with E-state index in [2.05, 4.69) is 10.3 Å². The van der Waals surface area contributed by atoms with Gasteiger partial charge in [0, 0.05) is 36.8 Å². The maximum absolute atomic E-state index is 13.6. The normalized spacial score (nSPS) is 16.3. The molecule has 1 aromatic heterocycles. The maximum atomic E-state index is 13.6. The molecule has 2 aromatic carbocycles. The van der Waals surface area contributed by atoms with Gasteiger partial charge >= 0.3 is 0 Å². The Labute approximate surface area is 181 Å². The monoisotopic (exact) mass is 422 g/mol. The summed E-state index contributed by atoms with van der Waals surface area (Å²) in [5, 5.41) is 2.99. The summed E-state index contributed by atoms with van der Waals surface area (Å²) in [5.41, 5.74) is 3.93. The number of carbonyl (C=O) groups excluding carboxylic acids is 2. The first-order chi connectivity index (χ1) is 14.8. The number of nitrogens with zero attached hydrogens (tertiary/aromatic N) is 3. The lowest BCUT2D eigenvalue weighted by Crippen LogP contribution is -2.44. The predicted octanol–water partition coefficient (Wildman–Crippen LogP) is 4.27. The topological polar surface area (TPSA) is 67.2 Å². The van der Waals surface area contributed by atoms with Crippen LogP contribution in [0.15, 0.2) is 36.4 Å². The van der Waals surface area contributed by atoms with Crippen LogP contribution >= 0.6 is 0 Å². The van der Waals surface area contributed by atoms with Gasteiger partial charge in [0.2, 0.25) is 11.8 Å². The molecule has 1 fully saturated rings. The number of anilines is 1. The zero-order valence-corrected chi connectivity index (χ0v) is 18.3. The van der Waals surface area contributed by atoms with Gasteiger partial charge in [-0.2, -0.15) is 0 Å². The molecule has 0 radical (unpaired) electrons. The Morgan fingerprint density at radius 2 is 1.97 bits per heavy atom. The highest BCUT2D eigenvalue weighted by molar-refractivity contribution is 5.98. The number of fused-ring (bicyclic) bond motifs is 1. The number of hydrogen-bond donors (Lipinski definition) is 1. The number of aryl methyl sites for hydroxylation is 2. The van der Waals surface area contributed by atoms with Gasteiger partial charge in [-0.05, 0) is 55.7 Å². The van der Waals surface area contributed by atoms with Gasteiger partial charge in [-0.15, -0.1) is 0 Å². The van der Waals surface area contributed by atoms with E-state index in [0.717, 1.165) is 28.9 Å². The third kappa shape index (κ3) is 3.92. The minimum atomic E-state index is -0.427. The van der Waals surface area contributed by atoms with Crippen LogP contribution in [0.25, 0.3) is 22.4 Å². The Balaban J connectivity index is 1.56. The van der Waals surface area contributed by atoms with Crippen molar-refractivity contribution in [3.63, 3.8) is 0 Å². The SMILES string of the molecule is Cc1cc(-c2nc3cc(F)ccc3n2C)ccc1NC(=O)[C@@H]1CCCN1C(=O)C(C)C. The van der Waals surface area contributed by atoms with E-state index in [0.29, 0.717) is 24.2 Å². The molecule has 162 valence electrons. The van der Waals surface area contributed by atoms with Crippen LogP contribution in [0.3, 0.4) is 0 Å². The van der Waals surface area contributed by atoms with Crippen molar-refractivity contribution in [1.82, 2.24) is 14.5 Å². The molecule has 0 aliphatic carbocycles. The van der Waals surface area contributed by atoms with Crippen molar-refractivity contribution in [2.75, 3.05) is 11.9 Å². The van der Waals surface area contributed by atoms with E-state index < -0.39 is 6.04 Å². The Morgan fingerprint density at radius 3 is 2.68 bits per heavy atom. The summed E-state index contributed by atoms with van der Waals surface area (Å²) in [6.45, 7) is 6.26. The van der Waals surface area contributed by atoms with Gasteiger partial charge in [-0.3, -0.25) is 9.59 Å². The van der Waals surface area contributed by atoms with Crippen molar-refractivity contribution in [2.45, 2.75) is 39.7 Å². The second-order valence-corrected chi connectivity index (χ2v) is 8.49. The zero-order chi connectivity index (χ0) is 22.3. The third-order valence-corrected chi connectivity index (χ3v) is 5.92. The molecule has 4 rings (SSSR count). The van der Waals surface area contributed by atoms with Crippen molar-refractivity contribution < 1.29 is 14.0 Å². The summed E-state index contributed by atoms with van der Waals surface area (Å²) in [4.78, 5) is 31.6. The lowest BCUT2D eigenvalue weighted by atomic mass is 10.1. The molecule has 0 spiro atoms. The second-order valence-electron chi connectivity index (χ2n) is 8.49. The molecule has 1 aliphatic heterocycles. The number of amides is 2. The third-order valence-electron chi connectivity index (χ3n) is 5.92. The lowest BCUT2D eigenvalue weighted by Gasteiger charge is -2.26. The molecule has 7 heteroatoms. The van der Waals surface area contributed by atoms with E-state index in [4.69, 9.17) is 0 Å². The van der Waals surface area contributed by atoms with Gasteiger partial charge in [0.1, 0.15) is 17.7 Å². The molecule has 0 unspecified atom stereocenters. The van der Waals surface area contributed by atoms with Gasteiger partial charge in [0.15, 0.2) is 0 Å². The number of imidazole rings is 1. The number of aromatic nitrogens is 2. The number of benzene rings is 2. The summed E-state index contributed by atoms with van der Waals surface area (Å²) in [5.74, 6) is 0.147. The molecule has 1 N–H and O–H groups in total. The van der Waals surface area contributed by atoms with Crippen molar-refractivity contribution in [1.29, 1.82) is 0 Å². The van der Waals surface area contributed by atoms with Crippen LogP contribution in [0.4, 0.5) is 10.1 Å². The molecule has 2 heterocycles. The van der Waals surface area contributed by atoms with Gasteiger partial charge in [0.05, 0.1) is 11.0 Å². The lowest BCUT2D eigenvalue weighted by molar-refractivity contribution is -0.139. The quantitative estimate of drug-likeness (QED) is 0.683. The van der Waals surface area contributed by atoms with Crippen LogP contribution < -0.4 is 5.32 Å². The highest BCUT2D eigenvalue weighted by Crippen LogP contribution is 2.28. The van der Waals surface area contributed by atoms with Crippen molar-refractivity contribution >= 4 is 28.5 Å². The number of halogens is 1. The van der Waals surface area contributed by atoms with Crippen LogP contribution in [0.2, 0.25) is 0 Å². The molecule has 31 heavy (non-hydrogen) atoms. The number of nitrogens with one attached hydrogen (secondary N) is 1. The van der Waals surface area contributed by atoms with Crippen molar-refractivity contribution in [2.24, 2.45) is 13.0 Å².